The van der Waals surface area contributed by atoms with Crippen molar-refractivity contribution in [3.8, 4) is 0 Å². The molecule has 5 aliphatic carbocycles. The number of fused-ring (bicyclic) bond motifs is 7. The first kappa shape index (κ1) is 23.4. The molecule has 182 valence electrons. The minimum atomic E-state index is -0.175. The second-order valence-corrected chi connectivity index (χ2v) is 14.6. The molecule has 2 heteroatoms. The number of rotatable bonds is 1. The van der Waals surface area contributed by atoms with Gasteiger partial charge in [0, 0.05) is 5.41 Å². The van der Waals surface area contributed by atoms with Crippen molar-refractivity contribution >= 4 is 0 Å². The van der Waals surface area contributed by atoms with E-state index in [1.54, 1.807) is 5.57 Å². The number of hydrogen-bond acceptors (Lipinski definition) is 2. The van der Waals surface area contributed by atoms with Crippen LogP contribution in [0.1, 0.15) is 106 Å². The van der Waals surface area contributed by atoms with Crippen LogP contribution >= 0.6 is 0 Å². The fourth-order valence-electron chi connectivity index (χ4n) is 11.0. The van der Waals surface area contributed by atoms with Crippen molar-refractivity contribution in [2.75, 3.05) is 6.61 Å². The van der Waals surface area contributed by atoms with Crippen molar-refractivity contribution in [3.05, 3.63) is 11.6 Å². The molecule has 0 amide bonds. The van der Waals surface area contributed by atoms with Crippen LogP contribution in [0.15, 0.2) is 11.6 Å². The number of hydrogen-bond donors (Lipinski definition) is 2. The Kier molecular flexibility index (Phi) is 5.19. The molecule has 10 unspecified atom stereocenters. The van der Waals surface area contributed by atoms with Crippen molar-refractivity contribution in [1.29, 1.82) is 0 Å². The van der Waals surface area contributed by atoms with Gasteiger partial charge in [-0.3, -0.25) is 0 Å². The van der Waals surface area contributed by atoms with Crippen LogP contribution < -0.4 is 0 Å². The monoisotopic (exact) mass is 442 g/mol. The molecule has 0 radical (unpaired) electrons. The van der Waals surface area contributed by atoms with Crippen LogP contribution in [0.5, 0.6) is 0 Å². The highest BCUT2D eigenvalue weighted by Crippen LogP contribution is 2.75. The molecule has 2 N–H and O–H groups in total. The highest BCUT2D eigenvalue weighted by Gasteiger charge is 2.69. The fraction of sp³-hybridized carbons (Fsp3) is 0.933. The summed E-state index contributed by atoms with van der Waals surface area (Å²) in [7, 11) is 0. The van der Waals surface area contributed by atoms with Gasteiger partial charge in [0.25, 0.3) is 0 Å². The van der Waals surface area contributed by atoms with Crippen molar-refractivity contribution in [3.63, 3.8) is 0 Å². The predicted octanol–water partition coefficient (Wildman–Crippen LogP) is 7.00. The lowest BCUT2D eigenvalue weighted by molar-refractivity contribution is -0.213. The SMILES string of the molecule is CC1CCC2(C)CCC3(CO)C(=CCC4C5(C)CCC(O)C(C)(C)C5CCC43C)C2C1C. The number of aliphatic hydroxyl groups is 2. The van der Waals surface area contributed by atoms with Crippen LogP contribution in [0.4, 0.5) is 0 Å². The van der Waals surface area contributed by atoms with Crippen LogP contribution in [0.3, 0.4) is 0 Å². The Morgan fingerprint density at radius 2 is 1.59 bits per heavy atom. The first-order chi connectivity index (χ1) is 14.9. The van der Waals surface area contributed by atoms with Crippen molar-refractivity contribution in [2.45, 2.75) is 112 Å². The normalized spacial score (nSPS) is 56.8. The quantitative estimate of drug-likeness (QED) is 0.429. The van der Waals surface area contributed by atoms with Gasteiger partial charge in [-0.15, -0.1) is 0 Å². The Bertz CT molecular complexity index is 799. The van der Waals surface area contributed by atoms with Gasteiger partial charge in [0.2, 0.25) is 0 Å². The molecule has 5 aliphatic rings. The molecule has 0 aromatic heterocycles. The summed E-state index contributed by atoms with van der Waals surface area (Å²) in [6.07, 6.45) is 13.3. The maximum absolute atomic E-state index is 11.3. The molecule has 5 rings (SSSR count). The minimum absolute atomic E-state index is 0.0108. The van der Waals surface area contributed by atoms with Crippen LogP contribution in [0.25, 0.3) is 0 Å². The molecule has 0 aromatic rings. The Labute approximate surface area is 197 Å². The molecule has 10 atom stereocenters. The highest BCUT2D eigenvalue weighted by molar-refractivity contribution is 5.34. The van der Waals surface area contributed by atoms with Gasteiger partial charge < -0.3 is 10.2 Å². The summed E-state index contributed by atoms with van der Waals surface area (Å²) in [5.41, 5.74) is 2.45. The zero-order chi connectivity index (χ0) is 23.3. The zero-order valence-corrected chi connectivity index (χ0v) is 22.0. The van der Waals surface area contributed by atoms with E-state index < -0.39 is 0 Å². The topological polar surface area (TPSA) is 40.5 Å². The smallest absolute Gasteiger partial charge is 0.0594 e. The molecule has 2 nitrogen and oxygen atoms in total. The van der Waals surface area contributed by atoms with E-state index in [0.29, 0.717) is 35.7 Å². The molecule has 4 fully saturated rings. The maximum atomic E-state index is 11.3. The Hall–Kier alpha value is -0.340. The van der Waals surface area contributed by atoms with E-state index >= 15 is 0 Å². The zero-order valence-electron chi connectivity index (χ0n) is 22.0. The second kappa shape index (κ2) is 7.09. The summed E-state index contributed by atoms with van der Waals surface area (Å²) in [5, 5.41) is 22.1. The van der Waals surface area contributed by atoms with Gasteiger partial charge >= 0.3 is 0 Å². The maximum Gasteiger partial charge on any atom is 0.0594 e. The first-order valence-electron chi connectivity index (χ1n) is 13.9. The van der Waals surface area contributed by atoms with Crippen LogP contribution in [-0.2, 0) is 0 Å². The van der Waals surface area contributed by atoms with Gasteiger partial charge in [0.15, 0.2) is 0 Å². The molecule has 0 heterocycles. The lowest BCUT2D eigenvalue weighted by atomic mass is 9.33. The van der Waals surface area contributed by atoms with Crippen molar-refractivity contribution in [1.82, 2.24) is 0 Å². The molecule has 0 saturated heterocycles. The van der Waals surface area contributed by atoms with Gasteiger partial charge in [0.1, 0.15) is 0 Å². The third kappa shape index (κ3) is 2.66. The van der Waals surface area contributed by atoms with Crippen LogP contribution in [0.2, 0.25) is 0 Å². The molecule has 0 bridgehead atoms. The Balaban J connectivity index is 1.62. The molecular formula is C30H50O2. The van der Waals surface area contributed by atoms with Gasteiger partial charge in [-0.1, -0.05) is 60.1 Å². The summed E-state index contributed by atoms with van der Waals surface area (Å²) in [5.74, 6) is 3.31. The summed E-state index contributed by atoms with van der Waals surface area (Å²) < 4.78 is 0. The first-order valence-corrected chi connectivity index (χ1v) is 13.9. The van der Waals surface area contributed by atoms with E-state index in [9.17, 15) is 10.2 Å². The minimum Gasteiger partial charge on any atom is -0.395 e. The molecule has 0 aliphatic heterocycles. The summed E-state index contributed by atoms with van der Waals surface area (Å²) in [6, 6.07) is 0. The van der Waals surface area contributed by atoms with E-state index in [0.717, 1.165) is 18.8 Å². The third-order valence-electron chi connectivity index (χ3n) is 13.3. The van der Waals surface area contributed by atoms with Gasteiger partial charge in [0.05, 0.1) is 12.7 Å². The summed E-state index contributed by atoms with van der Waals surface area (Å²) in [6.45, 7) is 17.7. The summed E-state index contributed by atoms with van der Waals surface area (Å²) >= 11 is 0. The van der Waals surface area contributed by atoms with Crippen LogP contribution in [0, 0.1) is 56.7 Å². The standard InChI is InChI=1S/C30H50O2/c1-19-10-13-27(5)16-17-30(18-31)21(25(27)20(19)2)8-9-23-28(6)14-12-24(32)26(3,4)22(28)11-15-29(23,30)7/h8,19-20,22-25,31-32H,9-18H2,1-7H3. The predicted molar refractivity (Wildman–Crippen MR) is 132 cm³/mol. The largest absolute Gasteiger partial charge is 0.395 e. The van der Waals surface area contributed by atoms with E-state index in [1.807, 2.05) is 0 Å². The Morgan fingerprint density at radius 1 is 0.875 bits per heavy atom. The second-order valence-electron chi connectivity index (χ2n) is 14.6. The van der Waals surface area contributed by atoms with Crippen molar-refractivity contribution in [2.24, 2.45) is 56.7 Å². The van der Waals surface area contributed by atoms with E-state index in [4.69, 9.17) is 0 Å². The van der Waals surface area contributed by atoms with Gasteiger partial charge in [-0.25, -0.2) is 0 Å². The van der Waals surface area contributed by atoms with Gasteiger partial charge in [-0.2, -0.15) is 0 Å². The number of allylic oxidation sites excluding steroid dienone is 1. The van der Waals surface area contributed by atoms with E-state index in [1.165, 1.54) is 44.9 Å². The lowest BCUT2D eigenvalue weighted by Gasteiger charge is -2.71. The average Bonchev–Trinajstić information content (AvgIpc) is 2.73. The highest BCUT2D eigenvalue weighted by atomic mass is 16.3. The molecular weight excluding hydrogens is 392 g/mol. The van der Waals surface area contributed by atoms with Crippen molar-refractivity contribution < 1.29 is 10.2 Å². The third-order valence-corrected chi connectivity index (χ3v) is 13.3. The molecule has 4 saturated carbocycles. The van der Waals surface area contributed by atoms with Gasteiger partial charge in [-0.05, 0) is 109 Å². The molecule has 0 spiro atoms. The fourth-order valence-corrected chi connectivity index (χ4v) is 11.0. The van der Waals surface area contributed by atoms with Crippen LogP contribution in [-0.4, -0.2) is 22.9 Å². The number of aliphatic hydroxyl groups excluding tert-OH is 2. The Morgan fingerprint density at radius 3 is 2.28 bits per heavy atom. The molecule has 0 aromatic carbocycles. The van der Waals surface area contributed by atoms with E-state index in [-0.39, 0.29) is 27.8 Å². The lowest BCUT2D eigenvalue weighted by Crippen LogP contribution is -2.66. The molecule has 32 heavy (non-hydrogen) atoms. The average molecular weight is 443 g/mol. The summed E-state index contributed by atoms with van der Waals surface area (Å²) in [4.78, 5) is 0. The van der Waals surface area contributed by atoms with E-state index in [2.05, 4.69) is 54.5 Å².